The second-order valence-electron chi connectivity index (χ2n) is 5.33. The lowest BCUT2D eigenvalue weighted by Crippen LogP contribution is -2.34. The van der Waals surface area contributed by atoms with E-state index in [4.69, 9.17) is 11.5 Å². The molecule has 0 aliphatic heterocycles. The molecule has 0 unspecified atom stereocenters. The molecule has 2 rings (SSSR count). The monoisotopic (exact) mass is 247 g/mol. The summed E-state index contributed by atoms with van der Waals surface area (Å²) in [5.74, 6) is 0.337. The lowest BCUT2D eigenvalue weighted by Gasteiger charge is -2.30. The Bertz CT molecular complexity index is 452. The molecule has 0 atom stereocenters. The Labute approximate surface area is 108 Å². The number of benzene rings is 1. The van der Waals surface area contributed by atoms with Gasteiger partial charge in [0.25, 0.3) is 5.91 Å². The van der Waals surface area contributed by atoms with E-state index in [0.29, 0.717) is 17.3 Å². The van der Waals surface area contributed by atoms with E-state index in [2.05, 4.69) is 18.7 Å². The summed E-state index contributed by atoms with van der Waals surface area (Å²) in [5.41, 5.74) is 13.2. The van der Waals surface area contributed by atoms with Crippen molar-refractivity contribution in [2.24, 2.45) is 11.7 Å². The Balaban J connectivity index is 2.35. The molecular formula is C14H21N3O. The van der Waals surface area contributed by atoms with Gasteiger partial charge in [0.15, 0.2) is 0 Å². The van der Waals surface area contributed by atoms with Gasteiger partial charge in [0.2, 0.25) is 0 Å². The normalized spacial score (nSPS) is 14.8. The number of nitrogens with two attached hydrogens (primary N) is 2. The molecule has 0 saturated heterocycles. The maximum absolute atomic E-state index is 11.5. The molecule has 1 aliphatic rings. The molecule has 0 radical (unpaired) electrons. The standard InChI is InChI=1S/C14H21N3O/c1-9(2)17(8-10-3-4-10)13-6-5-11(15)7-12(13)14(16)18/h5-7,9-10H,3-4,8,15H2,1-2H3,(H2,16,18). The third kappa shape index (κ3) is 2.75. The highest BCUT2D eigenvalue weighted by Gasteiger charge is 2.27. The number of carbonyl (C=O) groups excluding carboxylic acids is 1. The van der Waals surface area contributed by atoms with Crippen molar-refractivity contribution in [2.45, 2.75) is 32.7 Å². The fourth-order valence-corrected chi connectivity index (χ4v) is 2.17. The third-order valence-electron chi connectivity index (χ3n) is 3.37. The van der Waals surface area contributed by atoms with Crippen LogP contribution >= 0.6 is 0 Å². The van der Waals surface area contributed by atoms with Crippen molar-refractivity contribution in [2.75, 3.05) is 17.2 Å². The van der Waals surface area contributed by atoms with Crippen LogP contribution < -0.4 is 16.4 Å². The number of hydrogen-bond donors (Lipinski definition) is 2. The van der Waals surface area contributed by atoms with Gasteiger partial charge in [-0.25, -0.2) is 0 Å². The molecule has 1 amide bonds. The molecular weight excluding hydrogens is 226 g/mol. The van der Waals surface area contributed by atoms with Gasteiger partial charge in [0.05, 0.1) is 5.56 Å². The second-order valence-corrected chi connectivity index (χ2v) is 5.33. The zero-order chi connectivity index (χ0) is 13.3. The maximum Gasteiger partial charge on any atom is 0.250 e. The van der Waals surface area contributed by atoms with Crippen molar-refractivity contribution in [3.05, 3.63) is 23.8 Å². The Morgan fingerprint density at radius 2 is 2.11 bits per heavy atom. The molecule has 1 aromatic carbocycles. The van der Waals surface area contributed by atoms with Crippen LogP contribution in [0.5, 0.6) is 0 Å². The number of nitrogen functional groups attached to an aromatic ring is 1. The topological polar surface area (TPSA) is 72.3 Å². The zero-order valence-electron chi connectivity index (χ0n) is 11.0. The van der Waals surface area contributed by atoms with Gasteiger partial charge in [0, 0.05) is 24.0 Å². The molecule has 98 valence electrons. The quantitative estimate of drug-likeness (QED) is 0.782. The third-order valence-corrected chi connectivity index (χ3v) is 3.37. The molecule has 1 saturated carbocycles. The Kier molecular flexibility index (Phi) is 3.45. The number of primary amides is 1. The highest BCUT2D eigenvalue weighted by Crippen LogP contribution is 2.33. The summed E-state index contributed by atoms with van der Waals surface area (Å²) in [4.78, 5) is 13.8. The van der Waals surface area contributed by atoms with E-state index >= 15 is 0 Å². The first kappa shape index (κ1) is 12.7. The summed E-state index contributed by atoms with van der Waals surface area (Å²) in [6.45, 7) is 5.24. The lowest BCUT2D eigenvalue weighted by molar-refractivity contribution is 0.100. The molecule has 0 bridgehead atoms. The number of anilines is 2. The van der Waals surface area contributed by atoms with E-state index in [-0.39, 0.29) is 0 Å². The first-order valence-corrected chi connectivity index (χ1v) is 6.45. The van der Waals surface area contributed by atoms with Crippen LogP contribution in [-0.2, 0) is 0 Å². The van der Waals surface area contributed by atoms with Crippen molar-refractivity contribution < 1.29 is 4.79 Å². The largest absolute Gasteiger partial charge is 0.399 e. The minimum Gasteiger partial charge on any atom is -0.399 e. The first-order chi connectivity index (χ1) is 8.49. The minimum atomic E-state index is -0.418. The van der Waals surface area contributed by atoms with E-state index in [1.807, 2.05) is 12.1 Å². The molecule has 1 aromatic rings. The van der Waals surface area contributed by atoms with Gasteiger partial charge in [-0.2, -0.15) is 0 Å². The van der Waals surface area contributed by atoms with Crippen LogP contribution in [0.15, 0.2) is 18.2 Å². The summed E-state index contributed by atoms with van der Waals surface area (Å²) < 4.78 is 0. The van der Waals surface area contributed by atoms with E-state index < -0.39 is 5.91 Å². The second kappa shape index (κ2) is 4.88. The fourth-order valence-electron chi connectivity index (χ4n) is 2.17. The number of rotatable bonds is 5. The molecule has 4 heteroatoms. The van der Waals surface area contributed by atoms with Gasteiger partial charge >= 0.3 is 0 Å². The summed E-state index contributed by atoms with van der Waals surface area (Å²) in [6, 6.07) is 5.73. The molecule has 1 fully saturated rings. The van der Waals surface area contributed by atoms with Crippen LogP contribution in [0.4, 0.5) is 11.4 Å². The summed E-state index contributed by atoms with van der Waals surface area (Å²) in [6.07, 6.45) is 2.56. The predicted octanol–water partition coefficient (Wildman–Crippen LogP) is 1.99. The average molecular weight is 247 g/mol. The van der Waals surface area contributed by atoms with E-state index in [1.54, 1.807) is 6.07 Å². The van der Waals surface area contributed by atoms with E-state index in [1.165, 1.54) is 12.8 Å². The number of amides is 1. The summed E-state index contributed by atoms with van der Waals surface area (Å²) in [5, 5.41) is 0. The molecule has 4 nitrogen and oxygen atoms in total. The number of carbonyl (C=O) groups is 1. The molecule has 4 N–H and O–H groups in total. The summed E-state index contributed by atoms with van der Waals surface area (Å²) >= 11 is 0. The van der Waals surface area contributed by atoms with Crippen molar-refractivity contribution in [1.82, 2.24) is 0 Å². The van der Waals surface area contributed by atoms with Crippen LogP contribution in [0.1, 0.15) is 37.0 Å². The number of hydrogen-bond acceptors (Lipinski definition) is 3. The Morgan fingerprint density at radius 3 is 2.61 bits per heavy atom. The van der Waals surface area contributed by atoms with Gasteiger partial charge in [-0.1, -0.05) is 0 Å². The van der Waals surface area contributed by atoms with Gasteiger partial charge in [0.1, 0.15) is 0 Å². The SMILES string of the molecule is CC(C)N(CC1CC1)c1ccc(N)cc1C(N)=O. The first-order valence-electron chi connectivity index (χ1n) is 6.45. The Hall–Kier alpha value is -1.71. The van der Waals surface area contributed by atoms with Crippen LogP contribution in [0, 0.1) is 5.92 Å². The number of nitrogens with zero attached hydrogens (tertiary/aromatic N) is 1. The summed E-state index contributed by atoms with van der Waals surface area (Å²) in [7, 11) is 0. The van der Waals surface area contributed by atoms with Crippen molar-refractivity contribution in [3.63, 3.8) is 0 Å². The van der Waals surface area contributed by atoms with Gasteiger partial charge < -0.3 is 16.4 Å². The van der Waals surface area contributed by atoms with Crippen molar-refractivity contribution >= 4 is 17.3 Å². The van der Waals surface area contributed by atoms with E-state index in [9.17, 15) is 4.79 Å². The molecule has 0 aromatic heterocycles. The average Bonchev–Trinajstić information content (AvgIpc) is 3.09. The zero-order valence-corrected chi connectivity index (χ0v) is 11.0. The highest BCUT2D eigenvalue weighted by molar-refractivity contribution is 5.99. The molecule has 0 heterocycles. The van der Waals surface area contributed by atoms with Crippen molar-refractivity contribution in [1.29, 1.82) is 0 Å². The van der Waals surface area contributed by atoms with Crippen LogP contribution in [0.2, 0.25) is 0 Å². The molecule has 0 spiro atoms. The predicted molar refractivity (Wildman–Crippen MR) is 74.6 cm³/mol. The van der Waals surface area contributed by atoms with Gasteiger partial charge in [-0.15, -0.1) is 0 Å². The minimum absolute atomic E-state index is 0.340. The maximum atomic E-state index is 11.5. The van der Waals surface area contributed by atoms with Crippen LogP contribution in [0.25, 0.3) is 0 Å². The van der Waals surface area contributed by atoms with Crippen LogP contribution in [0.3, 0.4) is 0 Å². The van der Waals surface area contributed by atoms with Crippen LogP contribution in [-0.4, -0.2) is 18.5 Å². The van der Waals surface area contributed by atoms with Gasteiger partial charge in [-0.3, -0.25) is 4.79 Å². The van der Waals surface area contributed by atoms with Crippen molar-refractivity contribution in [3.8, 4) is 0 Å². The molecule has 1 aliphatic carbocycles. The van der Waals surface area contributed by atoms with Gasteiger partial charge in [-0.05, 0) is 50.8 Å². The highest BCUT2D eigenvalue weighted by atomic mass is 16.1. The Morgan fingerprint density at radius 1 is 1.44 bits per heavy atom. The smallest absolute Gasteiger partial charge is 0.250 e. The lowest BCUT2D eigenvalue weighted by atomic mass is 10.1. The van der Waals surface area contributed by atoms with E-state index in [0.717, 1.165) is 18.2 Å². The molecule has 18 heavy (non-hydrogen) atoms. The fraction of sp³-hybridized carbons (Fsp3) is 0.500.